The van der Waals surface area contributed by atoms with Crippen LogP contribution < -0.4 is 5.32 Å². The molecule has 0 radical (unpaired) electrons. The Kier molecular flexibility index (Phi) is 4.15. The Hall–Kier alpha value is -0.200. The van der Waals surface area contributed by atoms with E-state index in [0.29, 0.717) is 20.2 Å². The van der Waals surface area contributed by atoms with E-state index >= 15 is 0 Å². The van der Waals surface area contributed by atoms with Crippen LogP contribution >= 0.6 is 0 Å². The maximum absolute atomic E-state index is 5.31. The van der Waals surface area contributed by atoms with Crippen LogP contribution in [0.1, 0.15) is 6.42 Å². The van der Waals surface area contributed by atoms with Gasteiger partial charge >= 0.3 is 0 Å². The second kappa shape index (κ2) is 5.63. The van der Waals surface area contributed by atoms with Crippen molar-refractivity contribution in [3.63, 3.8) is 0 Å². The van der Waals surface area contributed by atoms with Crippen molar-refractivity contribution >= 4 is 0 Å². The summed E-state index contributed by atoms with van der Waals surface area (Å²) in [6, 6.07) is 0. The minimum Gasteiger partial charge on any atom is -0.353 e. The van der Waals surface area contributed by atoms with Gasteiger partial charge in [0.25, 0.3) is 0 Å². The molecule has 82 valence electrons. The Morgan fingerprint density at radius 2 is 1.71 bits per heavy atom. The number of hydrogen-bond donors (Lipinski definition) is 1. The van der Waals surface area contributed by atoms with Gasteiger partial charge in [-0.3, -0.25) is 0 Å². The second-order valence-corrected chi connectivity index (χ2v) is 3.55. The molecule has 2 fully saturated rings. The number of rotatable bonds is 5. The normalized spacial score (nSPS) is 32.6. The molecule has 0 aliphatic carbocycles. The highest BCUT2D eigenvalue weighted by Gasteiger charge is 2.17. The molecule has 2 heterocycles. The minimum atomic E-state index is 0.218. The van der Waals surface area contributed by atoms with E-state index in [9.17, 15) is 0 Å². The van der Waals surface area contributed by atoms with Gasteiger partial charge in [-0.05, 0) is 13.0 Å². The largest absolute Gasteiger partial charge is 0.353 e. The van der Waals surface area contributed by atoms with E-state index in [-0.39, 0.29) is 12.2 Å². The van der Waals surface area contributed by atoms with Crippen molar-refractivity contribution in [3.05, 3.63) is 0 Å². The number of nitrogens with one attached hydrogen (secondary N) is 1. The van der Waals surface area contributed by atoms with Gasteiger partial charge < -0.3 is 24.3 Å². The summed E-state index contributed by atoms with van der Waals surface area (Å²) in [7, 11) is 0. The lowest BCUT2D eigenvalue weighted by Crippen LogP contribution is -2.30. The fourth-order valence-corrected chi connectivity index (χ4v) is 1.55. The molecule has 14 heavy (non-hydrogen) atoms. The summed E-state index contributed by atoms with van der Waals surface area (Å²) in [5, 5.41) is 3.31. The van der Waals surface area contributed by atoms with Crippen LogP contribution in [0.3, 0.4) is 0 Å². The fraction of sp³-hybridized carbons (Fsp3) is 1.00. The van der Waals surface area contributed by atoms with Crippen LogP contribution in [0.4, 0.5) is 0 Å². The van der Waals surface area contributed by atoms with E-state index in [4.69, 9.17) is 18.9 Å². The minimum absolute atomic E-state index is 0.218. The SMILES string of the molecule is C(CC1COCO1)NCC1COCO1. The average molecular weight is 203 g/mol. The first-order chi connectivity index (χ1) is 6.95. The molecular formula is C9H17NO4. The van der Waals surface area contributed by atoms with E-state index in [1.807, 2.05) is 0 Å². The summed E-state index contributed by atoms with van der Waals surface area (Å²) in [5.41, 5.74) is 0. The first-order valence-electron chi connectivity index (χ1n) is 5.04. The summed E-state index contributed by atoms with van der Waals surface area (Å²) in [5.74, 6) is 0. The Morgan fingerprint density at radius 3 is 2.36 bits per heavy atom. The molecule has 2 aliphatic heterocycles. The highest BCUT2D eigenvalue weighted by molar-refractivity contribution is 4.66. The van der Waals surface area contributed by atoms with Gasteiger partial charge in [0.15, 0.2) is 0 Å². The average Bonchev–Trinajstić information content (AvgIpc) is 2.86. The third kappa shape index (κ3) is 3.18. The maximum atomic E-state index is 5.31. The van der Waals surface area contributed by atoms with Crippen LogP contribution in [0.15, 0.2) is 0 Å². The van der Waals surface area contributed by atoms with Crippen molar-refractivity contribution < 1.29 is 18.9 Å². The molecule has 5 heteroatoms. The molecule has 1 N–H and O–H groups in total. The van der Waals surface area contributed by atoms with Gasteiger partial charge in [0.05, 0.1) is 25.4 Å². The molecule has 0 saturated carbocycles. The first kappa shape index (κ1) is 10.3. The smallest absolute Gasteiger partial charge is 0.147 e. The van der Waals surface area contributed by atoms with E-state index in [1.54, 1.807) is 0 Å². The van der Waals surface area contributed by atoms with Crippen molar-refractivity contribution in [1.82, 2.24) is 5.32 Å². The summed E-state index contributed by atoms with van der Waals surface area (Å²) in [6.45, 7) is 4.11. The van der Waals surface area contributed by atoms with Gasteiger partial charge in [0, 0.05) is 6.54 Å². The molecule has 2 aliphatic rings. The number of ether oxygens (including phenoxy) is 4. The van der Waals surface area contributed by atoms with Crippen LogP contribution in [-0.2, 0) is 18.9 Å². The third-order valence-electron chi connectivity index (χ3n) is 2.40. The molecule has 0 aromatic rings. The van der Waals surface area contributed by atoms with E-state index in [2.05, 4.69) is 5.32 Å². The Morgan fingerprint density at radius 1 is 1.00 bits per heavy atom. The number of hydrogen-bond acceptors (Lipinski definition) is 5. The molecule has 2 unspecified atom stereocenters. The van der Waals surface area contributed by atoms with Crippen molar-refractivity contribution in [2.24, 2.45) is 0 Å². The molecule has 0 aromatic heterocycles. The molecule has 5 nitrogen and oxygen atoms in total. The summed E-state index contributed by atoms with van der Waals surface area (Å²) in [6.07, 6.45) is 1.48. The predicted octanol–water partition coefficient (Wildman–Crippen LogP) is -0.288. The van der Waals surface area contributed by atoms with Gasteiger partial charge in [0.1, 0.15) is 13.6 Å². The molecule has 2 saturated heterocycles. The summed E-state index contributed by atoms with van der Waals surface area (Å²) >= 11 is 0. The topological polar surface area (TPSA) is 49.0 Å². The van der Waals surface area contributed by atoms with Gasteiger partial charge in [0.2, 0.25) is 0 Å². The van der Waals surface area contributed by atoms with Crippen LogP contribution in [0.25, 0.3) is 0 Å². The molecule has 2 rings (SSSR count). The lowest BCUT2D eigenvalue weighted by molar-refractivity contribution is 0.0419. The highest BCUT2D eigenvalue weighted by Crippen LogP contribution is 2.06. The second-order valence-electron chi connectivity index (χ2n) is 3.55. The fourth-order valence-electron chi connectivity index (χ4n) is 1.55. The van der Waals surface area contributed by atoms with Gasteiger partial charge in [-0.1, -0.05) is 0 Å². The maximum Gasteiger partial charge on any atom is 0.147 e. The third-order valence-corrected chi connectivity index (χ3v) is 2.40. The Bertz CT molecular complexity index is 137. The van der Waals surface area contributed by atoms with Gasteiger partial charge in [-0.2, -0.15) is 0 Å². The lowest BCUT2D eigenvalue weighted by atomic mass is 10.2. The zero-order valence-electron chi connectivity index (χ0n) is 8.24. The molecular weight excluding hydrogens is 186 g/mol. The zero-order valence-corrected chi connectivity index (χ0v) is 8.24. The highest BCUT2D eigenvalue weighted by atomic mass is 16.7. The molecule has 0 spiro atoms. The standard InChI is InChI=1S/C9H17NO4/c1(8-4-11-6-13-8)2-10-3-9-5-12-7-14-9/h8-10H,1-7H2. The Balaban J connectivity index is 1.46. The van der Waals surface area contributed by atoms with E-state index in [0.717, 1.165) is 26.1 Å². The quantitative estimate of drug-likeness (QED) is 0.622. The van der Waals surface area contributed by atoms with E-state index < -0.39 is 0 Å². The molecule has 2 atom stereocenters. The van der Waals surface area contributed by atoms with Gasteiger partial charge in [-0.15, -0.1) is 0 Å². The molecule has 0 amide bonds. The van der Waals surface area contributed by atoms with Crippen LogP contribution in [0, 0.1) is 0 Å². The van der Waals surface area contributed by atoms with Crippen molar-refractivity contribution in [2.75, 3.05) is 39.9 Å². The molecule has 0 bridgehead atoms. The van der Waals surface area contributed by atoms with Crippen molar-refractivity contribution in [2.45, 2.75) is 18.6 Å². The zero-order chi connectivity index (χ0) is 9.64. The predicted molar refractivity (Wildman–Crippen MR) is 48.9 cm³/mol. The monoisotopic (exact) mass is 203 g/mol. The lowest BCUT2D eigenvalue weighted by Gasteiger charge is -2.10. The summed E-state index contributed by atoms with van der Waals surface area (Å²) < 4.78 is 20.8. The van der Waals surface area contributed by atoms with Crippen LogP contribution in [0.2, 0.25) is 0 Å². The summed E-state index contributed by atoms with van der Waals surface area (Å²) in [4.78, 5) is 0. The Labute approximate surface area is 83.7 Å². The molecule has 0 aromatic carbocycles. The van der Waals surface area contributed by atoms with Crippen LogP contribution in [0.5, 0.6) is 0 Å². The van der Waals surface area contributed by atoms with Gasteiger partial charge in [-0.25, -0.2) is 0 Å². The van der Waals surface area contributed by atoms with Crippen molar-refractivity contribution in [3.8, 4) is 0 Å². The van der Waals surface area contributed by atoms with Crippen LogP contribution in [-0.4, -0.2) is 52.1 Å². The van der Waals surface area contributed by atoms with Crippen molar-refractivity contribution in [1.29, 1.82) is 0 Å². The first-order valence-corrected chi connectivity index (χ1v) is 5.04. The van der Waals surface area contributed by atoms with E-state index in [1.165, 1.54) is 0 Å².